The summed E-state index contributed by atoms with van der Waals surface area (Å²) in [5.74, 6) is -0.845. The standard InChI is InChI=1S/C15H19NO3/c1-15(2,3)16-13(17)11-19-14(18)10-9-12-7-5-4-6-8-12/h4-10H,11H2,1-3H3,(H,16,17)/b10-9+. The summed E-state index contributed by atoms with van der Waals surface area (Å²) in [6.07, 6.45) is 2.95. The van der Waals surface area contributed by atoms with Crippen LogP contribution < -0.4 is 5.32 Å². The SMILES string of the molecule is CC(C)(C)NC(=O)COC(=O)/C=C/c1ccccc1. The van der Waals surface area contributed by atoms with E-state index in [1.165, 1.54) is 6.08 Å². The molecule has 102 valence electrons. The second kappa shape index (κ2) is 6.73. The van der Waals surface area contributed by atoms with E-state index >= 15 is 0 Å². The van der Waals surface area contributed by atoms with Crippen molar-refractivity contribution in [2.24, 2.45) is 0 Å². The van der Waals surface area contributed by atoms with Gasteiger partial charge in [0.1, 0.15) is 0 Å². The van der Waals surface area contributed by atoms with Gasteiger partial charge < -0.3 is 10.1 Å². The lowest BCUT2D eigenvalue weighted by Gasteiger charge is -2.20. The Kier molecular flexibility index (Phi) is 5.30. The van der Waals surface area contributed by atoms with Crippen molar-refractivity contribution in [2.75, 3.05) is 6.61 Å². The molecule has 0 radical (unpaired) electrons. The normalized spacial score (nSPS) is 11.3. The van der Waals surface area contributed by atoms with Crippen molar-refractivity contribution in [3.05, 3.63) is 42.0 Å². The average molecular weight is 261 g/mol. The predicted octanol–water partition coefficient (Wildman–Crippen LogP) is 2.16. The molecule has 0 bridgehead atoms. The number of carbonyl (C=O) groups excluding carboxylic acids is 2. The molecule has 0 aliphatic carbocycles. The van der Waals surface area contributed by atoms with Crippen LogP contribution in [-0.4, -0.2) is 24.0 Å². The van der Waals surface area contributed by atoms with Gasteiger partial charge in [-0.15, -0.1) is 0 Å². The maximum absolute atomic E-state index is 11.4. The number of amides is 1. The maximum Gasteiger partial charge on any atom is 0.331 e. The van der Waals surface area contributed by atoms with Gasteiger partial charge in [-0.1, -0.05) is 30.3 Å². The van der Waals surface area contributed by atoms with Crippen molar-refractivity contribution in [3.8, 4) is 0 Å². The molecule has 1 aromatic carbocycles. The molecule has 4 nitrogen and oxygen atoms in total. The van der Waals surface area contributed by atoms with Crippen LogP contribution in [0.5, 0.6) is 0 Å². The van der Waals surface area contributed by atoms with Gasteiger partial charge in [0.2, 0.25) is 0 Å². The third-order valence-corrected chi connectivity index (χ3v) is 2.07. The van der Waals surface area contributed by atoms with Gasteiger partial charge in [-0.25, -0.2) is 4.79 Å². The summed E-state index contributed by atoms with van der Waals surface area (Å²) in [5, 5.41) is 2.71. The molecule has 0 spiro atoms. The quantitative estimate of drug-likeness (QED) is 0.667. The monoisotopic (exact) mass is 261 g/mol. The number of nitrogens with one attached hydrogen (secondary N) is 1. The lowest BCUT2D eigenvalue weighted by molar-refractivity contribution is -0.144. The summed E-state index contributed by atoms with van der Waals surface area (Å²) in [6, 6.07) is 9.39. The van der Waals surface area contributed by atoms with Gasteiger partial charge in [-0.2, -0.15) is 0 Å². The van der Waals surface area contributed by atoms with E-state index in [2.05, 4.69) is 5.32 Å². The van der Waals surface area contributed by atoms with Crippen LogP contribution in [0, 0.1) is 0 Å². The summed E-state index contributed by atoms with van der Waals surface area (Å²) in [5.41, 5.74) is 0.571. The molecule has 0 unspecified atom stereocenters. The van der Waals surface area contributed by atoms with Crippen LogP contribution in [0.2, 0.25) is 0 Å². The highest BCUT2D eigenvalue weighted by atomic mass is 16.5. The zero-order chi connectivity index (χ0) is 14.3. The number of rotatable bonds is 4. The van der Waals surface area contributed by atoms with Crippen LogP contribution in [0.1, 0.15) is 26.3 Å². The van der Waals surface area contributed by atoms with Crippen molar-refractivity contribution in [1.82, 2.24) is 5.32 Å². The number of ether oxygens (including phenoxy) is 1. The van der Waals surface area contributed by atoms with Crippen molar-refractivity contribution < 1.29 is 14.3 Å². The van der Waals surface area contributed by atoms with Crippen LogP contribution >= 0.6 is 0 Å². The third kappa shape index (κ3) is 7.03. The van der Waals surface area contributed by atoms with E-state index in [-0.39, 0.29) is 18.1 Å². The Hall–Kier alpha value is -2.10. The first-order valence-corrected chi connectivity index (χ1v) is 6.08. The first-order valence-electron chi connectivity index (χ1n) is 6.08. The smallest absolute Gasteiger partial charge is 0.331 e. The van der Waals surface area contributed by atoms with Crippen molar-refractivity contribution in [1.29, 1.82) is 0 Å². The second-order valence-corrected chi connectivity index (χ2v) is 5.15. The summed E-state index contributed by atoms with van der Waals surface area (Å²) in [6.45, 7) is 5.32. The maximum atomic E-state index is 11.4. The highest BCUT2D eigenvalue weighted by Gasteiger charge is 2.14. The fraction of sp³-hybridized carbons (Fsp3) is 0.333. The molecule has 0 fully saturated rings. The molecule has 0 aliphatic rings. The predicted molar refractivity (Wildman–Crippen MR) is 74.3 cm³/mol. The Morgan fingerprint density at radius 1 is 1.21 bits per heavy atom. The van der Waals surface area contributed by atoms with Gasteiger partial charge >= 0.3 is 5.97 Å². The molecule has 1 aromatic rings. The average Bonchev–Trinajstić information content (AvgIpc) is 2.33. The van der Waals surface area contributed by atoms with Crippen molar-refractivity contribution in [2.45, 2.75) is 26.3 Å². The Bertz CT molecular complexity index is 458. The fourth-order valence-corrected chi connectivity index (χ4v) is 1.37. The van der Waals surface area contributed by atoms with Gasteiger partial charge in [0, 0.05) is 11.6 Å². The molecule has 0 aliphatic heterocycles. The number of hydrogen-bond acceptors (Lipinski definition) is 3. The number of carbonyl (C=O) groups is 2. The van der Waals surface area contributed by atoms with Crippen LogP contribution in [0.25, 0.3) is 6.08 Å². The zero-order valence-corrected chi connectivity index (χ0v) is 11.5. The van der Waals surface area contributed by atoms with E-state index in [1.54, 1.807) is 6.08 Å². The van der Waals surface area contributed by atoms with E-state index in [0.717, 1.165) is 5.56 Å². The Morgan fingerprint density at radius 3 is 2.42 bits per heavy atom. The van der Waals surface area contributed by atoms with Gasteiger partial charge in [-0.3, -0.25) is 4.79 Å². The molecular weight excluding hydrogens is 242 g/mol. The molecular formula is C15H19NO3. The fourth-order valence-electron chi connectivity index (χ4n) is 1.37. The first kappa shape index (κ1) is 15.0. The number of benzene rings is 1. The van der Waals surface area contributed by atoms with Gasteiger partial charge in [0.25, 0.3) is 5.91 Å². The van der Waals surface area contributed by atoms with E-state index in [9.17, 15) is 9.59 Å². The topological polar surface area (TPSA) is 55.4 Å². The first-order chi connectivity index (χ1) is 8.87. The minimum absolute atomic E-state index is 0.269. The van der Waals surface area contributed by atoms with Gasteiger partial charge in [-0.05, 0) is 32.4 Å². The van der Waals surface area contributed by atoms with Crippen molar-refractivity contribution in [3.63, 3.8) is 0 Å². The molecule has 0 saturated heterocycles. The Balaban J connectivity index is 2.36. The highest BCUT2D eigenvalue weighted by molar-refractivity contribution is 5.89. The van der Waals surface area contributed by atoms with Crippen LogP contribution in [-0.2, 0) is 14.3 Å². The summed E-state index contributed by atoms with van der Waals surface area (Å²) in [7, 11) is 0. The molecule has 1 N–H and O–H groups in total. The Labute approximate surface area is 113 Å². The second-order valence-electron chi connectivity index (χ2n) is 5.15. The van der Waals surface area contributed by atoms with Gasteiger partial charge in [0.05, 0.1) is 0 Å². The summed E-state index contributed by atoms with van der Waals surface area (Å²) < 4.78 is 4.83. The van der Waals surface area contributed by atoms with E-state index in [1.807, 2.05) is 51.1 Å². The number of esters is 1. The van der Waals surface area contributed by atoms with Crippen LogP contribution in [0.4, 0.5) is 0 Å². The number of hydrogen-bond donors (Lipinski definition) is 1. The molecule has 1 rings (SSSR count). The minimum Gasteiger partial charge on any atom is -0.452 e. The molecule has 4 heteroatoms. The minimum atomic E-state index is -0.534. The summed E-state index contributed by atoms with van der Waals surface area (Å²) >= 11 is 0. The molecule has 0 saturated carbocycles. The summed E-state index contributed by atoms with van der Waals surface area (Å²) in [4.78, 5) is 22.8. The molecule has 19 heavy (non-hydrogen) atoms. The van der Waals surface area contributed by atoms with Crippen LogP contribution in [0.15, 0.2) is 36.4 Å². The van der Waals surface area contributed by atoms with Crippen molar-refractivity contribution >= 4 is 18.0 Å². The molecule has 0 heterocycles. The van der Waals surface area contributed by atoms with E-state index in [0.29, 0.717) is 0 Å². The lowest BCUT2D eigenvalue weighted by atomic mass is 10.1. The Morgan fingerprint density at radius 2 is 1.84 bits per heavy atom. The third-order valence-electron chi connectivity index (χ3n) is 2.07. The van der Waals surface area contributed by atoms with Gasteiger partial charge in [0.15, 0.2) is 6.61 Å². The molecule has 0 aromatic heterocycles. The highest BCUT2D eigenvalue weighted by Crippen LogP contribution is 2.01. The van der Waals surface area contributed by atoms with E-state index in [4.69, 9.17) is 4.74 Å². The van der Waals surface area contributed by atoms with E-state index < -0.39 is 5.97 Å². The van der Waals surface area contributed by atoms with Crippen LogP contribution in [0.3, 0.4) is 0 Å². The largest absolute Gasteiger partial charge is 0.452 e. The molecule has 1 amide bonds. The zero-order valence-electron chi connectivity index (χ0n) is 11.5. The molecule has 0 atom stereocenters. The lowest BCUT2D eigenvalue weighted by Crippen LogP contribution is -2.42.